The quantitative estimate of drug-likeness (QED) is 0.594. The Kier molecular flexibility index (Phi) is 4.50. The molecule has 0 aromatic heterocycles. The molecule has 1 amide bonds. The van der Waals surface area contributed by atoms with Crippen molar-refractivity contribution >= 4 is 31.9 Å². The Morgan fingerprint density at radius 2 is 2.37 bits per heavy atom. The van der Waals surface area contributed by atoms with E-state index in [1.165, 1.54) is 0 Å². The zero-order valence-electron chi connectivity index (χ0n) is 13.3. The second kappa shape index (κ2) is 6.52. The number of amides is 1. The molecule has 6 nitrogen and oxygen atoms in total. The summed E-state index contributed by atoms with van der Waals surface area (Å²) >= 11 is 0.890. The van der Waals surface area contributed by atoms with Crippen LogP contribution in [0.4, 0.5) is 4.79 Å². The molecule has 1 heterocycles. The number of aliphatic carboxylic acids is 1. The van der Waals surface area contributed by atoms with E-state index >= 15 is 0 Å². The molecule has 1 N–H and O–H groups in total. The first-order chi connectivity index (χ1) is 9.61. The third-order valence-corrected chi connectivity index (χ3v) is 3.00. The fraction of sp³-hybridized carbons (Fsp3) is 0.818. The SMILES string of the molecule is [2H]B([3H])CSO[C@H]1CCN(C(=O)OC(C)(C)C)[C@@H]1C(=O)O. The molecule has 1 aliphatic heterocycles. The molecule has 1 saturated heterocycles. The van der Waals surface area contributed by atoms with Crippen LogP contribution in [0.15, 0.2) is 0 Å². The summed E-state index contributed by atoms with van der Waals surface area (Å²) in [7, 11) is -1.04. The molecule has 1 rings (SSSR count). The number of carboxylic acids is 1. The lowest BCUT2D eigenvalue weighted by atomic mass is 10.2. The van der Waals surface area contributed by atoms with Crippen molar-refractivity contribution in [3.05, 3.63) is 0 Å². The molecule has 0 radical (unpaired) electrons. The standard InChI is InChI=1S/C11H20BNO5S/c1-11(2,3)17-10(16)13-5-4-7(18-19-6-12)8(13)9(14)15/h7-8H,4-6,12H2,1-3H3,(H,14,15)/t7-,8-/m0/s1/i12TD. The highest BCUT2D eigenvalue weighted by Crippen LogP contribution is 2.26. The van der Waals surface area contributed by atoms with E-state index in [0.717, 1.165) is 16.9 Å². The van der Waals surface area contributed by atoms with Crippen LogP contribution in [0.3, 0.4) is 0 Å². The predicted octanol–water partition coefficient (Wildman–Crippen LogP) is 0.704. The lowest BCUT2D eigenvalue weighted by molar-refractivity contribution is -0.144. The van der Waals surface area contributed by atoms with Gasteiger partial charge in [-0.25, -0.2) is 9.59 Å². The van der Waals surface area contributed by atoms with Crippen LogP contribution in [0.25, 0.3) is 0 Å². The van der Waals surface area contributed by atoms with E-state index in [1.807, 2.05) is 0 Å². The van der Waals surface area contributed by atoms with Crippen molar-refractivity contribution in [2.75, 3.05) is 12.2 Å². The van der Waals surface area contributed by atoms with Gasteiger partial charge in [0, 0.05) is 6.54 Å². The number of carbonyl (C=O) groups is 2. The Morgan fingerprint density at radius 3 is 2.89 bits per heavy atom. The molecule has 0 aliphatic carbocycles. The Hall–Kier alpha value is -0.885. The second-order valence-electron chi connectivity index (χ2n) is 5.16. The molecule has 0 spiro atoms. The van der Waals surface area contributed by atoms with Crippen LogP contribution in [0, 0.1) is 0 Å². The number of hydrogen-bond donors (Lipinski definition) is 1. The van der Waals surface area contributed by atoms with E-state index < -0.39 is 37.6 Å². The fourth-order valence-corrected chi connectivity index (χ4v) is 2.26. The second-order valence-corrected chi connectivity index (χ2v) is 5.93. The Labute approximate surface area is 121 Å². The molecule has 19 heavy (non-hydrogen) atoms. The summed E-state index contributed by atoms with van der Waals surface area (Å²) in [6, 6.07) is -1.11. The van der Waals surface area contributed by atoms with E-state index in [2.05, 4.69) is 0 Å². The maximum Gasteiger partial charge on any atom is 0.411 e. The molecule has 108 valence electrons. The van der Waals surface area contributed by atoms with E-state index in [1.54, 1.807) is 20.8 Å². The van der Waals surface area contributed by atoms with Crippen molar-refractivity contribution in [1.82, 2.24) is 4.90 Å². The van der Waals surface area contributed by atoms with Crippen LogP contribution >= 0.6 is 12.0 Å². The van der Waals surface area contributed by atoms with Gasteiger partial charge in [-0.1, -0.05) is 0 Å². The third kappa shape index (κ3) is 4.61. The van der Waals surface area contributed by atoms with Gasteiger partial charge in [0.05, 0.1) is 0 Å². The van der Waals surface area contributed by atoms with Gasteiger partial charge in [0.15, 0.2) is 6.04 Å². The lowest BCUT2D eigenvalue weighted by Gasteiger charge is -2.27. The first-order valence-electron chi connectivity index (χ1n) is 7.12. The van der Waals surface area contributed by atoms with E-state index in [4.69, 9.17) is 11.6 Å². The summed E-state index contributed by atoms with van der Waals surface area (Å²) in [6.07, 6.45) is -0.965. The summed E-state index contributed by atoms with van der Waals surface area (Å²) in [6.45, 7) is 5.37. The smallest absolute Gasteiger partial charge is 0.411 e. The van der Waals surface area contributed by atoms with Gasteiger partial charge in [0.25, 0.3) is 0 Å². The number of nitrogens with zero attached hydrogens (tertiary/aromatic N) is 1. The first kappa shape index (κ1) is 13.1. The number of carbonyl (C=O) groups excluding carboxylic acids is 1. The average molecular weight is 292 g/mol. The van der Waals surface area contributed by atoms with Gasteiger partial charge >= 0.3 is 12.1 Å². The van der Waals surface area contributed by atoms with Crippen molar-refractivity contribution in [2.45, 2.75) is 44.9 Å². The monoisotopic (exact) mass is 292 g/mol. The van der Waals surface area contributed by atoms with Gasteiger partial charge in [-0.3, -0.25) is 4.90 Å². The highest BCUT2D eigenvalue weighted by molar-refractivity contribution is 7.95. The average Bonchev–Trinajstić information content (AvgIpc) is 2.70. The Bertz CT molecular complexity index is 393. The number of carboxylic acid groups (broad SMARTS) is 1. The van der Waals surface area contributed by atoms with Gasteiger partial charge in [-0.2, -0.15) is 0 Å². The molecule has 1 fully saturated rings. The lowest BCUT2D eigenvalue weighted by Crippen LogP contribution is -2.47. The maximum atomic E-state index is 12.0. The van der Waals surface area contributed by atoms with Gasteiger partial charge in [-0.15, -0.1) is 0 Å². The van der Waals surface area contributed by atoms with Gasteiger partial charge in [0.2, 0.25) is 0 Å². The zero-order valence-corrected chi connectivity index (χ0v) is 12.1. The topological polar surface area (TPSA) is 76.1 Å². The molecule has 1 aliphatic rings. The summed E-state index contributed by atoms with van der Waals surface area (Å²) in [5.74, 6) is -1.16. The number of ether oxygens (including phenoxy) is 1. The summed E-state index contributed by atoms with van der Waals surface area (Å²) in [4.78, 5) is 24.5. The highest BCUT2D eigenvalue weighted by Gasteiger charge is 2.44. The molecule has 2 atom stereocenters. The zero-order chi connectivity index (χ0) is 16.2. The normalized spacial score (nSPS) is 24.7. The maximum absolute atomic E-state index is 12.0. The van der Waals surface area contributed by atoms with Gasteiger partial charge < -0.3 is 14.0 Å². The van der Waals surface area contributed by atoms with Crippen LogP contribution < -0.4 is 0 Å². The minimum Gasteiger partial charge on any atom is -0.480 e. The number of rotatable bonds is 5. The van der Waals surface area contributed by atoms with Crippen molar-refractivity contribution in [2.24, 2.45) is 0 Å². The van der Waals surface area contributed by atoms with E-state index in [-0.39, 0.29) is 12.2 Å². The van der Waals surface area contributed by atoms with Crippen LogP contribution in [0.2, 0.25) is 0 Å². The van der Waals surface area contributed by atoms with E-state index in [0.29, 0.717) is 6.42 Å². The molecular formula is C11H20BNO5S. The predicted molar refractivity (Wildman–Crippen MR) is 74.9 cm³/mol. The van der Waals surface area contributed by atoms with Crippen molar-refractivity contribution in [3.8, 4) is 0 Å². The Morgan fingerprint density at radius 1 is 1.68 bits per heavy atom. The Balaban J connectivity index is 2.66. The molecular weight excluding hydrogens is 269 g/mol. The van der Waals surface area contributed by atoms with Crippen molar-refractivity contribution in [1.29, 1.82) is 2.67 Å². The van der Waals surface area contributed by atoms with Crippen LogP contribution in [0.5, 0.6) is 0 Å². The molecule has 0 aromatic carbocycles. The molecule has 0 saturated carbocycles. The van der Waals surface area contributed by atoms with Crippen LogP contribution in [-0.2, 0) is 13.7 Å². The minimum atomic E-state index is -1.16. The summed E-state index contributed by atoms with van der Waals surface area (Å²) in [5, 5.41) is 9.30. The summed E-state index contributed by atoms with van der Waals surface area (Å²) in [5.41, 5.74) is -0.577. The largest absolute Gasteiger partial charge is 0.480 e. The highest BCUT2D eigenvalue weighted by atomic mass is 32.2. The number of likely N-dealkylation sites (tertiary alicyclic amines) is 1. The van der Waals surface area contributed by atoms with Crippen LogP contribution in [0.1, 0.15) is 27.2 Å². The number of hydrogen-bond acceptors (Lipinski definition) is 5. The van der Waals surface area contributed by atoms with Crippen molar-refractivity contribution in [3.63, 3.8) is 0 Å². The van der Waals surface area contributed by atoms with Crippen molar-refractivity contribution < 1.29 is 23.6 Å². The fourth-order valence-electron chi connectivity index (χ4n) is 1.81. The molecule has 0 aromatic rings. The van der Waals surface area contributed by atoms with Gasteiger partial charge in [-0.05, 0) is 47.6 Å². The molecule has 0 unspecified atom stereocenters. The van der Waals surface area contributed by atoms with Gasteiger partial charge in [0.1, 0.15) is 19.5 Å². The molecule has 0 bridgehead atoms. The third-order valence-electron chi connectivity index (χ3n) is 2.48. The molecule has 8 heteroatoms. The summed E-state index contributed by atoms with van der Waals surface area (Å²) < 4.78 is 24.7. The van der Waals surface area contributed by atoms with E-state index in [9.17, 15) is 14.7 Å². The first-order valence-corrected chi connectivity index (χ1v) is 6.88. The minimum absolute atomic E-state index is 0.120. The van der Waals surface area contributed by atoms with Crippen LogP contribution in [-0.4, -0.2) is 62.5 Å².